The molecule has 106 valence electrons. The van der Waals surface area contributed by atoms with Gasteiger partial charge < -0.3 is 15.5 Å². The Balaban J connectivity index is 0.000000321. The number of nitrogens with one attached hydrogen (secondary N) is 1. The highest BCUT2D eigenvalue weighted by molar-refractivity contribution is 5.69. The van der Waals surface area contributed by atoms with Crippen LogP contribution in [0.1, 0.15) is 52.4 Å². The Bertz CT molecular complexity index is 249. The Hall–Kier alpha value is -1.10. The number of carbonyl (C=O) groups is 2. The van der Waals surface area contributed by atoms with Crippen molar-refractivity contribution in [3.8, 4) is 0 Å². The van der Waals surface area contributed by atoms with Gasteiger partial charge in [0.05, 0.1) is 6.54 Å². The first-order chi connectivity index (χ1) is 8.45. The molecule has 1 saturated carbocycles. The molecule has 0 aromatic heterocycles. The van der Waals surface area contributed by atoms with Gasteiger partial charge in [0.1, 0.15) is 0 Å². The van der Waals surface area contributed by atoms with Crippen LogP contribution in [0.4, 0.5) is 0 Å². The second kappa shape index (κ2) is 9.88. The molecule has 1 aliphatic rings. The zero-order chi connectivity index (χ0) is 14.0. The van der Waals surface area contributed by atoms with Gasteiger partial charge in [-0.2, -0.15) is 0 Å². The molecule has 0 radical (unpaired) electrons. The van der Waals surface area contributed by atoms with Crippen LogP contribution in [-0.4, -0.2) is 34.7 Å². The van der Waals surface area contributed by atoms with Crippen LogP contribution in [0.15, 0.2) is 0 Å². The van der Waals surface area contributed by atoms with Gasteiger partial charge in [0, 0.05) is 12.5 Å². The fraction of sp³-hybridized carbons (Fsp3) is 0.846. The summed E-state index contributed by atoms with van der Waals surface area (Å²) in [5, 5.41) is 19.4. The molecule has 0 aromatic carbocycles. The van der Waals surface area contributed by atoms with Gasteiger partial charge in [0.25, 0.3) is 0 Å². The van der Waals surface area contributed by atoms with Crippen LogP contribution in [0.2, 0.25) is 0 Å². The van der Waals surface area contributed by atoms with Crippen molar-refractivity contribution in [2.45, 2.75) is 58.4 Å². The summed E-state index contributed by atoms with van der Waals surface area (Å²) in [5.74, 6) is -0.945. The number of hydrogen-bond acceptors (Lipinski definition) is 3. The minimum atomic E-state index is -0.796. The normalized spacial score (nSPS) is 16.8. The molecule has 1 rings (SSSR count). The van der Waals surface area contributed by atoms with Crippen molar-refractivity contribution in [2.24, 2.45) is 5.92 Å². The zero-order valence-corrected chi connectivity index (χ0v) is 11.3. The molecule has 1 fully saturated rings. The average molecular weight is 259 g/mol. The smallest absolute Gasteiger partial charge is 0.317 e. The highest BCUT2D eigenvalue weighted by Gasteiger charge is 2.17. The van der Waals surface area contributed by atoms with Gasteiger partial charge in [-0.15, -0.1) is 0 Å². The first-order valence-electron chi connectivity index (χ1n) is 6.62. The van der Waals surface area contributed by atoms with E-state index in [1.807, 2.05) is 13.8 Å². The van der Waals surface area contributed by atoms with Crippen LogP contribution in [0.5, 0.6) is 0 Å². The molecule has 0 amide bonds. The maximum absolute atomic E-state index is 10.2. The van der Waals surface area contributed by atoms with E-state index in [9.17, 15) is 9.59 Å². The summed E-state index contributed by atoms with van der Waals surface area (Å²) in [4.78, 5) is 20.1. The second-order valence-corrected chi connectivity index (χ2v) is 4.83. The molecular weight excluding hydrogens is 234 g/mol. The van der Waals surface area contributed by atoms with Crippen molar-refractivity contribution >= 4 is 11.9 Å². The summed E-state index contributed by atoms with van der Waals surface area (Å²) in [6.07, 6.45) is 6.09. The third-order valence-corrected chi connectivity index (χ3v) is 3.15. The van der Waals surface area contributed by atoms with E-state index in [2.05, 4.69) is 5.32 Å². The van der Waals surface area contributed by atoms with Crippen LogP contribution in [-0.2, 0) is 9.59 Å². The Labute approximate surface area is 109 Å². The summed E-state index contributed by atoms with van der Waals surface area (Å²) >= 11 is 0. The van der Waals surface area contributed by atoms with Gasteiger partial charge in [-0.25, -0.2) is 0 Å². The third-order valence-electron chi connectivity index (χ3n) is 3.15. The van der Waals surface area contributed by atoms with E-state index in [-0.39, 0.29) is 6.54 Å². The minimum Gasteiger partial charge on any atom is -0.481 e. The number of rotatable bonds is 6. The second-order valence-electron chi connectivity index (χ2n) is 4.83. The first-order valence-corrected chi connectivity index (χ1v) is 6.62. The number of aliphatic carboxylic acids is 2. The van der Waals surface area contributed by atoms with Crippen molar-refractivity contribution in [2.75, 3.05) is 6.54 Å². The van der Waals surface area contributed by atoms with Gasteiger partial charge in [-0.3, -0.25) is 9.59 Å². The Morgan fingerprint density at radius 3 is 2.17 bits per heavy atom. The van der Waals surface area contributed by atoms with E-state index in [0.717, 1.165) is 19.3 Å². The van der Waals surface area contributed by atoms with E-state index < -0.39 is 11.9 Å². The Kier molecular flexibility index (Phi) is 9.28. The fourth-order valence-electron chi connectivity index (χ4n) is 1.87. The van der Waals surface area contributed by atoms with Crippen molar-refractivity contribution in [3.05, 3.63) is 0 Å². The van der Waals surface area contributed by atoms with Gasteiger partial charge in [-0.1, -0.05) is 19.8 Å². The molecule has 1 aliphatic carbocycles. The molecule has 0 aromatic rings. The molecule has 18 heavy (non-hydrogen) atoms. The van der Waals surface area contributed by atoms with Gasteiger partial charge in [0.15, 0.2) is 0 Å². The van der Waals surface area contributed by atoms with Crippen LogP contribution < -0.4 is 5.32 Å². The maximum atomic E-state index is 10.2. The zero-order valence-electron chi connectivity index (χ0n) is 11.3. The Morgan fingerprint density at radius 2 is 1.78 bits per heavy atom. The van der Waals surface area contributed by atoms with Crippen LogP contribution >= 0.6 is 0 Å². The third kappa shape index (κ3) is 10.1. The largest absolute Gasteiger partial charge is 0.481 e. The summed E-state index contributed by atoms with van der Waals surface area (Å²) < 4.78 is 0. The molecule has 5 heteroatoms. The van der Waals surface area contributed by atoms with Gasteiger partial charge in [0.2, 0.25) is 0 Å². The van der Waals surface area contributed by atoms with E-state index in [4.69, 9.17) is 10.2 Å². The molecule has 5 nitrogen and oxygen atoms in total. The number of hydrogen-bond donors (Lipinski definition) is 3. The highest BCUT2D eigenvalue weighted by Crippen LogP contribution is 2.27. The number of carboxylic acids is 2. The molecule has 0 aliphatic heterocycles. The quantitative estimate of drug-likeness (QED) is 0.680. The molecule has 1 unspecified atom stereocenters. The predicted octanol–water partition coefficient (Wildman–Crippen LogP) is 2.11. The summed E-state index contributed by atoms with van der Waals surface area (Å²) in [6, 6.07) is 0.307. The van der Waals surface area contributed by atoms with E-state index in [0.29, 0.717) is 18.4 Å². The lowest BCUT2D eigenvalue weighted by molar-refractivity contribution is -0.138. The molecule has 0 bridgehead atoms. The maximum Gasteiger partial charge on any atom is 0.317 e. The van der Waals surface area contributed by atoms with Crippen LogP contribution in [0.25, 0.3) is 0 Å². The van der Waals surface area contributed by atoms with E-state index >= 15 is 0 Å². The van der Waals surface area contributed by atoms with Crippen molar-refractivity contribution in [1.29, 1.82) is 0 Å². The monoisotopic (exact) mass is 259 g/mol. The average Bonchev–Trinajstić information content (AvgIpc) is 2.78. The number of carboxylic acid groups (broad SMARTS) is 2. The van der Waals surface area contributed by atoms with Crippen molar-refractivity contribution in [1.82, 2.24) is 5.32 Å². The SMILES string of the molecule is CCC(C)NCC(=O)O.O=C(O)CC1CCCC1. The molecular formula is C13H25NO4. The molecule has 1 atom stereocenters. The molecule has 0 spiro atoms. The topological polar surface area (TPSA) is 86.6 Å². The summed E-state index contributed by atoms with van der Waals surface area (Å²) in [5.41, 5.74) is 0. The lowest BCUT2D eigenvalue weighted by Gasteiger charge is -2.07. The lowest BCUT2D eigenvalue weighted by Crippen LogP contribution is -2.30. The molecule has 0 saturated heterocycles. The van der Waals surface area contributed by atoms with E-state index in [1.54, 1.807) is 0 Å². The molecule has 3 N–H and O–H groups in total. The summed E-state index contributed by atoms with van der Waals surface area (Å²) in [7, 11) is 0. The van der Waals surface area contributed by atoms with E-state index in [1.165, 1.54) is 12.8 Å². The first kappa shape index (κ1) is 16.9. The van der Waals surface area contributed by atoms with Crippen LogP contribution in [0, 0.1) is 5.92 Å². The van der Waals surface area contributed by atoms with Gasteiger partial charge in [-0.05, 0) is 32.1 Å². The van der Waals surface area contributed by atoms with Crippen molar-refractivity contribution in [3.63, 3.8) is 0 Å². The van der Waals surface area contributed by atoms with Crippen molar-refractivity contribution < 1.29 is 19.8 Å². The highest BCUT2D eigenvalue weighted by atomic mass is 16.4. The summed E-state index contributed by atoms with van der Waals surface area (Å²) in [6.45, 7) is 4.04. The standard InChI is InChI=1S/C7H12O2.C6H13NO2/c8-7(9)5-6-3-1-2-4-6;1-3-5(2)7-4-6(8)9/h6H,1-5H2,(H,8,9);5,7H,3-4H2,1-2H3,(H,8,9). The fourth-order valence-corrected chi connectivity index (χ4v) is 1.87. The molecule has 0 heterocycles. The van der Waals surface area contributed by atoms with Gasteiger partial charge >= 0.3 is 11.9 Å². The van der Waals surface area contributed by atoms with Crippen LogP contribution in [0.3, 0.4) is 0 Å². The lowest BCUT2D eigenvalue weighted by atomic mass is 10.1. The predicted molar refractivity (Wildman–Crippen MR) is 69.6 cm³/mol. The Morgan fingerprint density at radius 1 is 1.22 bits per heavy atom. The minimum absolute atomic E-state index is 0.0645.